The van der Waals surface area contributed by atoms with Crippen LogP contribution < -0.4 is 10.5 Å². The molecule has 7 nitrogen and oxygen atoms in total. The van der Waals surface area contributed by atoms with Gasteiger partial charge in [0, 0.05) is 14.1 Å². The predicted octanol–water partition coefficient (Wildman–Crippen LogP) is 0.760. The number of H-pyrrole nitrogens is 1. The molecule has 106 valence electrons. The summed E-state index contributed by atoms with van der Waals surface area (Å²) in [7, 11) is 3.66. The van der Waals surface area contributed by atoms with E-state index in [-0.39, 0.29) is 0 Å². The van der Waals surface area contributed by atoms with E-state index in [1.54, 1.807) is 4.90 Å². The van der Waals surface area contributed by atoms with Crippen molar-refractivity contribution in [3.63, 3.8) is 0 Å². The van der Waals surface area contributed by atoms with Crippen molar-refractivity contribution in [1.29, 1.82) is 0 Å². The van der Waals surface area contributed by atoms with Crippen LogP contribution in [0.4, 0.5) is 0 Å². The zero-order valence-electron chi connectivity index (χ0n) is 11.6. The van der Waals surface area contributed by atoms with Gasteiger partial charge in [0.15, 0.2) is 17.6 Å². The van der Waals surface area contributed by atoms with Crippen LogP contribution in [0, 0.1) is 0 Å². The molecular formula is C13H18N6O. The summed E-state index contributed by atoms with van der Waals surface area (Å²) in [5.74, 6) is 2.47. The molecule has 0 saturated carbocycles. The predicted molar refractivity (Wildman–Crippen MR) is 76.2 cm³/mol. The Morgan fingerprint density at radius 1 is 1.35 bits per heavy atom. The Balaban J connectivity index is 1.88. The summed E-state index contributed by atoms with van der Waals surface area (Å²) in [6.07, 6.45) is 0. The number of nitrogens with two attached hydrogens (primary N) is 1. The van der Waals surface area contributed by atoms with Gasteiger partial charge in [-0.3, -0.25) is 5.10 Å². The van der Waals surface area contributed by atoms with Gasteiger partial charge in [-0.2, -0.15) is 5.10 Å². The maximum absolute atomic E-state index is 5.69. The van der Waals surface area contributed by atoms with E-state index < -0.39 is 0 Å². The van der Waals surface area contributed by atoms with Crippen LogP contribution >= 0.6 is 0 Å². The minimum Gasteiger partial charge on any atom is -0.486 e. The molecule has 1 heterocycles. The minimum absolute atomic E-state index is 0.337. The molecule has 1 aromatic heterocycles. The highest BCUT2D eigenvalue weighted by Gasteiger charge is 2.04. The lowest BCUT2D eigenvalue weighted by molar-refractivity contribution is 0.296. The second-order valence-corrected chi connectivity index (χ2v) is 4.37. The zero-order valence-corrected chi connectivity index (χ0v) is 11.6. The summed E-state index contributed by atoms with van der Waals surface area (Å²) in [6, 6.07) is 9.55. The number of aliphatic imine (C=N–C) groups is 1. The Hall–Kier alpha value is -2.57. The van der Waals surface area contributed by atoms with Gasteiger partial charge in [0.2, 0.25) is 0 Å². The number of nitrogens with one attached hydrogen (secondary N) is 1. The van der Waals surface area contributed by atoms with Crippen LogP contribution in [0.15, 0.2) is 35.3 Å². The van der Waals surface area contributed by atoms with Crippen molar-refractivity contribution in [3.05, 3.63) is 42.0 Å². The summed E-state index contributed by atoms with van der Waals surface area (Å²) in [5.41, 5.74) is 5.69. The fourth-order valence-corrected chi connectivity index (χ4v) is 1.43. The van der Waals surface area contributed by atoms with Crippen LogP contribution in [0.25, 0.3) is 0 Å². The number of rotatable bonds is 5. The maximum Gasteiger partial charge on any atom is 0.191 e. The van der Waals surface area contributed by atoms with Crippen LogP contribution in [0.1, 0.15) is 11.6 Å². The van der Waals surface area contributed by atoms with Crippen molar-refractivity contribution in [2.75, 3.05) is 14.1 Å². The van der Waals surface area contributed by atoms with Gasteiger partial charge < -0.3 is 15.4 Å². The van der Waals surface area contributed by atoms with Crippen LogP contribution in [-0.2, 0) is 13.2 Å². The second-order valence-electron chi connectivity index (χ2n) is 4.37. The molecule has 0 aliphatic rings. The summed E-state index contributed by atoms with van der Waals surface area (Å²) < 4.78 is 5.57. The Bertz CT molecular complexity index is 563. The molecular weight excluding hydrogens is 256 g/mol. The molecule has 20 heavy (non-hydrogen) atoms. The second kappa shape index (κ2) is 6.55. The monoisotopic (exact) mass is 274 g/mol. The van der Waals surface area contributed by atoms with E-state index in [9.17, 15) is 0 Å². The van der Waals surface area contributed by atoms with E-state index in [0.29, 0.717) is 30.8 Å². The number of hydrogen-bond donors (Lipinski definition) is 2. The molecule has 0 spiro atoms. The third-order valence-corrected chi connectivity index (χ3v) is 2.54. The highest BCUT2D eigenvalue weighted by Crippen LogP contribution is 2.09. The molecule has 0 atom stereocenters. The van der Waals surface area contributed by atoms with E-state index in [0.717, 1.165) is 5.75 Å². The van der Waals surface area contributed by atoms with Gasteiger partial charge in [-0.15, -0.1) is 0 Å². The molecule has 1 aromatic carbocycles. The fourth-order valence-electron chi connectivity index (χ4n) is 1.43. The Labute approximate surface area is 117 Å². The first-order chi connectivity index (χ1) is 9.65. The maximum atomic E-state index is 5.69. The quantitative estimate of drug-likeness (QED) is 0.620. The first kappa shape index (κ1) is 13.9. The molecule has 0 bridgehead atoms. The van der Waals surface area contributed by atoms with Gasteiger partial charge in [0.1, 0.15) is 18.9 Å². The fraction of sp³-hybridized carbons (Fsp3) is 0.308. The number of hydrogen-bond acceptors (Lipinski definition) is 4. The first-order valence-corrected chi connectivity index (χ1v) is 6.20. The van der Waals surface area contributed by atoms with Crippen molar-refractivity contribution < 1.29 is 4.74 Å². The topological polar surface area (TPSA) is 92.4 Å². The SMILES string of the molecule is CN(C)C(N)=NCc1n[nH]c(COc2ccccc2)n1. The lowest BCUT2D eigenvalue weighted by Crippen LogP contribution is -2.30. The lowest BCUT2D eigenvalue weighted by Gasteiger charge is -2.09. The van der Waals surface area contributed by atoms with E-state index >= 15 is 0 Å². The van der Waals surface area contributed by atoms with Crippen LogP contribution in [0.2, 0.25) is 0 Å². The highest BCUT2D eigenvalue weighted by atomic mass is 16.5. The van der Waals surface area contributed by atoms with E-state index in [4.69, 9.17) is 10.5 Å². The van der Waals surface area contributed by atoms with Crippen molar-refractivity contribution in [2.45, 2.75) is 13.2 Å². The molecule has 0 aliphatic heterocycles. The van der Waals surface area contributed by atoms with E-state index in [1.807, 2.05) is 44.4 Å². The standard InChI is InChI=1S/C13H18N6O/c1-19(2)13(14)15-8-11-16-12(18-17-11)9-20-10-6-4-3-5-7-10/h3-7H,8-9H2,1-2H3,(H2,14,15)(H,16,17,18). The average Bonchev–Trinajstić information content (AvgIpc) is 2.91. The molecule has 0 saturated heterocycles. The Morgan fingerprint density at radius 2 is 2.10 bits per heavy atom. The number of aromatic amines is 1. The zero-order chi connectivity index (χ0) is 14.4. The molecule has 0 amide bonds. The van der Waals surface area contributed by atoms with Gasteiger partial charge in [-0.05, 0) is 12.1 Å². The molecule has 0 radical (unpaired) electrons. The third kappa shape index (κ3) is 3.98. The largest absolute Gasteiger partial charge is 0.486 e. The normalized spacial score (nSPS) is 11.4. The summed E-state index contributed by atoms with van der Waals surface area (Å²) in [5, 5.41) is 6.88. The van der Waals surface area contributed by atoms with Crippen molar-refractivity contribution in [2.24, 2.45) is 10.7 Å². The van der Waals surface area contributed by atoms with Crippen LogP contribution in [0.5, 0.6) is 5.75 Å². The molecule has 0 aliphatic carbocycles. The van der Waals surface area contributed by atoms with Crippen molar-refractivity contribution in [1.82, 2.24) is 20.1 Å². The number of ether oxygens (including phenoxy) is 1. The summed E-state index contributed by atoms with van der Waals surface area (Å²) in [6.45, 7) is 0.676. The molecule has 2 rings (SSSR count). The molecule has 0 fully saturated rings. The number of benzene rings is 1. The number of para-hydroxylation sites is 1. The average molecular weight is 274 g/mol. The molecule has 2 aromatic rings. The van der Waals surface area contributed by atoms with E-state index in [2.05, 4.69) is 20.2 Å². The van der Waals surface area contributed by atoms with Gasteiger partial charge in [0.25, 0.3) is 0 Å². The van der Waals surface area contributed by atoms with E-state index in [1.165, 1.54) is 0 Å². The van der Waals surface area contributed by atoms with Gasteiger partial charge in [-0.1, -0.05) is 18.2 Å². The van der Waals surface area contributed by atoms with Crippen LogP contribution in [-0.4, -0.2) is 40.1 Å². The summed E-state index contributed by atoms with van der Waals surface area (Å²) >= 11 is 0. The van der Waals surface area contributed by atoms with Crippen molar-refractivity contribution in [3.8, 4) is 5.75 Å². The Kier molecular flexibility index (Phi) is 4.54. The molecule has 0 unspecified atom stereocenters. The molecule has 3 N–H and O–H groups in total. The number of aromatic nitrogens is 3. The lowest BCUT2D eigenvalue weighted by atomic mass is 10.3. The third-order valence-electron chi connectivity index (χ3n) is 2.54. The first-order valence-electron chi connectivity index (χ1n) is 6.20. The minimum atomic E-state index is 0.337. The summed E-state index contributed by atoms with van der Waals surface area (Å²) in [4.78, 5) is 10.2. The molecule has 7 heteroatoms. The van der Waals surface area contributed by atoms with Gasteiger partial charge in [0.05, 0.1) is 0 Å². The number of nitrogens with zero attached hydrogens (tertiary/aromatic N) is 4. The Morgan fingerprint density at radius 3 is 2.80 bits per heavy atom. The van der Waals surface area contributed by atoms with Gasteiger partial charge in [-0.25, -0.2) is 9.98 Å². The smallest absolute Gasteiger partial charge is 0.191 e. The highest BCUT2D eigenvalue weighted by molar-refractivity contribution is 5.77. The number of guanidine groups is 1. The van der Waals surface area contributed by atoms with Crippen molar-refractivity contribution >= 4 is 5.96 Å². The van der Waals surface area contributed by atoms with Crippen LogP contribution in [0.3, 0.4) is 0 Å². The van der Waals surface area contributed by atoms with Gasteiger partial charge >= 0.3 is 0 Å².